The van der Waals surface area contributed by atoms with E-state index in [2.05, 4.69) is 16.0 Å². The number of carbonyl (C=O) groups is 2. The fourth-order valence-corrected chi connectivity index (χ4v) is 2.88. The number of halogens is 1. The summed E-state index contributed by atoms with van der Waals surface area (Å²) in [5.74, 6) is -0.902. The summed E-state index contributed by atoms with van der Waals surface area (Å²) in [5.41, 5.74) is 8.06. The monoisotopic (exact) mass is 398 g/mol. The van der Waals surface area contributed by atoms with Gasteiger partial charge in [-0.3, -0.25) is 25.1 Å². The highest BCUT2D eigenvalue weighted by molar-refractivity contribution is 6.31. The van der Waals surface area contributed by atoms with Crippen molar-refractivity contribution in [2.75, 3.05) is 0 Å². The predicted molar refractivity (Wildman–Crippen MR) is 106 cm³/mol. The summed E-state index contributed by atoms with van der Waals surface area (Å²) in [4.78, 5) is 23.7. The van der Waals surface area contributed by atoms with Crippen molar-refractivity contribution in [1.29, 1.82) is 0 Å². The second-order valence-corrected chi connectivity index (χ2v) is 6.49. The summed E-state index contributed by atoms with van der Waals surface area (Å²) in [5, 5.41) is 5.20. The van der Waals surface area contributed by atoms with Crippen LogP contribution in [0.1, 0.15) is 33.1 Å². The molecule has 2 N–H and O–H groups in total. The van der Waals surface area contributed by atoms with Crippen molar-refractivity contribution in [1.82, 2.24) is 20.6 Å². The van der Waals surface area contributed by atoms with Gasteiger partial charge in [0.25, 0.3) is 5.91 Å². The van der Waals surface area contributed by atoms with Gasteiger partial charge in [0.15, 0.2) is 5.76 Å². The highest BCUT2D eigenvalue weighted by Gasteiger charge is 2.12. The van der Waals surface area contributed by atoms with Crippen LogP contribution in [0.4, 0.5) is 0 Å². The third kappa shape index (κ3) is 4.50. The lowest BCUT2D eigenvalue weighted by Gasteiger charge is -2.06. The van der Waals surface area contributed by atoms with Gasteiger partial charge in [-0.15, -0.1) is 0 Å². The molecule has 0 unspecified atom stereocenters. The molecule has 0 saturated heterocycles. The molecule has 2 aromatic heterocycles. The molecule has 2 heterocycles. The maximum absolute atomic E-state index is 12.0. The summed E-state index contributed by atoms with van der Waals surface area (Å²) in [6, 6.07) is 10.7. The highest BCUT2D eigenvalue weighted by Crippen LogP contribution is 2.20. The van der Waals surface area contributed by atoms with Crippen LogP contribution in [-0.4, -0.2) is 21.6 Å². The van der Waals surface area contributed by atoms with Crippen LogP contribution in [0.5, 0.6) is 0 Å². The zero-order chi connectivity index (χ0) is 20.1. The first kappa shape index (κ1) is 19.4. The van der Waals surface area contributed by atoms with Crippen molar-refractivity contribution >= 4 is 29.5 Å². The molecule has 0 radical (unpaired) electrons. The minimum absolute atomic E-state index is 0.108. The number of hydrazine groups is 1. The maximum Gasteiger partial charge on any atom is 0.305 e. The van der Waals surface area contributed by atoms with E-state index in [1.807, 2.05) is 42.8 Å². The van der Waals surface area contributed by atoms with Gasteiger partial charge in [0.1, 0.15) is 0 Å². The van der Waals surface area contributed by atoms with E-state index in [4.69, 9.17) is 16.0 Å². The van der Waals surface area contributed by atoms with E-state index in [1.165, 1.54) is 18.4 Å². The van der Waals surface area contributed by atoms with Gasteiger partial charge >= 0.3 is 5.91 Å². The van der Waals surface area contributed by atoms with Crippen LogP contribution in [0.3, 0.4) is 0 Å². The van der Waals surface area contributed by atoms with Gasteiger partial charge in [-0.1, -0.05) is 29.8 Å². The van der Waals surface area contributed by atoms with E-state index in [0.29, 0.717) is 11.6 Å². The number of nitrogens with zero attached hydrogens (tertiary/aromatic N) is 2. The Balaban J connectivity index is 1.65. The number of furan rings is 1. The lowest BCUT2D eigenvalue weighted by Crippen LogP contribution is -2.40. The molecule has 0 bridgehead atoms. The number of hydrogen-bond donors (Lipinski definition) is 2. The smallest absolute Gasteiger partial charge is 0.305 e. The van der Waals surface area contributed by atoms with Crippen LogP contribution in [-0.2, 0) is 11.3 Å². The lowest BCUT2D eigenvalue weighted by atomic mass is 10.1. The highest BCUT2D eigenvalue weighted by atomic mass is 35.5. The number of rotatable bonds is 5. The quantitative estimate of drug-likeness (QED) is 0.510. The normalized spacial score (nSPS) is 11.0. The molecule has 0 atom stereocenters. The van der Waals surface area contributed by atoms with Gasteiger partial charge in [0.05, 0.1) is 18.5 Å². The average Bonchev–Trinajstić information content (AvgIpc) is 3.30. The lowest BCUT2D eigenvalue weighted by molar-refractivity contribution is -0.117. The zero-order valence-corrected chi connectivity index (χ0v) is 16.2. The Morgan fingerprint density at radius 1 is 1.18 bits per heavy atom. The molecular formula is C20H19ClN4O3. The first-order chi connectivity index (χ1) is 13.5. The van der Waals surface area contributed by atoms with E-state index >= 15 is 0 Å². The number of aromatic nitrogens is 2. The molecule has 0 aliphatic carbocycles. The van der Waals surface area contributed by atoms with Crippen LogP contribution >= 0.6 is 11.6 Å². The minimum Gasteiger partial charge on any atom is -0.459 e. The summed E-state index contributed by atoms with van der Waals surface area (Å²) in [6.07, 6.45) is 4.37. The van der Waals surface area contributed by atoms with E-state index < -0.39 is 11.8 Å². The molecule has 1 aromatic carbocycles. The molecule has 0 aliphatic rings. The van der Waals surface area contributed by atoms with Crippen LogP contribution in [0.25, 0.3) is 6.08 Å². The minimum atomic E-state index is -0.535. The fourth-order valence-electron chi connectivity index (χ4n) is 2.68. The maximum atomic E-state index is 12.0. The average molecular weight is 399 g/mol. The van der Waals surface area contributed by atoms with Gasteiger partial charge in [0, 0.05) is 22.4 Å². The summed E-state index contributed by atoms with van der Waals surface area (Å²) < 4.78 is 6.79. The van der Waals surface area contributed by atoms with Crippen molar-refractivity contribution in [3.8, 4) is 0 Å². The largest absolute Gasteiger partial charge is 0.459 e. The van der Waals surface area contributed by atoms with Crippen LogP contribution in [0, 0.1) is 13.8 Å². The third-order valence-corrected chi connectivity index (χ3v) is 4.53. The standard InChI is InChI=1S/C20H19ClN4O3/c1-13-16(9-10-19(26)22-23-20(27)18-8-5-11-28-18)14(2)25(24-13)12-15-6-3-4-7-17(15)21/h3-11H,12H2,1-2H3,(H,22,26)(H,23,27)/b10-9+. The Bertz CT molecular complexity index is 1020. The molecule has 7 nitrogen and oxygen atoms in total. The van der Waals surface area contributed by atoms with Crippen molar-refractivity contribution in [3.63, 3.8) is 0 Å². The Morgan fingerprint density at radius 3 is 2.68 bits per heavy atom. The van der Waals surface area contributed by atoms with E-state index in [0.717, 1.165) is 22.5 Å². The van der Waals surface area contributed by atoms with Crippen molar-refractivity contribution in [2.24, 2.45) is 0 Å². The van der Waals surface area contributed by atoms with Crippen LogP contribution in [0.2, 0.25) is 5.02 Å². The van der Waals surface area contributed by atoms with E-state index in [9.17, 15) is 9.59 Å². The summed E-state index contributed by atoms with van der Waals surface area (Å²) in [7, 11) is 0. The fraction of sp³-hybridized carbons (Fsp3) is 0.150. The zero-order valence-electron chi connectivity index (χ0n) is 15.4. The summed E-state index contributed by atoms with van der Waals surface area (Å²) >= 11 is 6.22. The second-order valence-electron chi connectivity index (χ2n) is 6.09. The van der Waals surface area contributed by atoms with Gasteiger partial charge in [-0.05, 0) is 43.7 Å². The molecule has 0 aliphatic heterocycles. The third-order valence-electron chi connectivity index (χ3n) is 4.16. The molecule has 0 saturated carbocycles. The van der Waals surface area contributed by atoms with Gasteiger partial charge in [-0.25, -0.2) is 0 Å². The molecule has 0 fully saturated rings. The number of benzene rings is 1. The molecule has 28 heavy (non-hydrogen) atoms. The first-order valence-corrected chi connectivity index (χ1v) is 8.93. The molecule has 144 valence electrons. The molecule has 3 aromatic rings. The Labute approximate surface area is 167 Å². The van der Waals surface area contributed by atoms with Crippen LogP contribution < -0.4 is 10.9 Å². The van der Waals surface area contributed by atoms with Crippen molar-refractivity contribution < 1.29 is 14.0 Å². The summed E-state index contributed by atoms with van der Waals surface area (Å²) in [6.45, 7) is 4.32. The molecule has 2 amide bonds. The van der Waals surface area contributed by atoms with Gasteiger partial charge in [0.2, 0.25) is 0 Å². The van der Waals surface area contributed by atoms with Crippen molar-refractivity contribution in [2.45, 2.75) is 20.4 Å². The van der Waals surface area contributed by atoms with E-state index in [-0.39, 0.29) is 5.76 Å². The number of amides is 2. The Morgan fingerprint density at radius 2 is 1.96 bits per heavy atom. The number of carbonyl (C=O) groups excluding carboxylic acids is 2. The van der Waals surface area contributed by atoms with Gasteiger partial charge in [-0.2, -0.15) is 5.10 Å². The Hall–Kier alpha value is -3.32. The number of hydrogen-bond acceptors (Lipinski definition) is 4. The SMILES string of the molecule is Cc1nn(Cc2ccccc2Cl)c(C)c1/C=C/C(=O)NNC(=O)c1ccco1. The second kappa shape index (κ2) is 8.58. The topological polar surface area (TPSA) is 89.2 Å². The Kier molecular flexibility index (Phi) is 5.96. The predicted octanol–water partition coefficient (Wildman–Crippen LogP) is 3.27. The van der Waals surface area contributed by atoms with E-state index in [1.54, 1.807) is 12.1 Å². The molecule has 3 rings (SSSR count). The molecule has 8 heteroatoms. The number of nitrogens with one attached hydrogen (secondary N) is 2. The van der Waals surface area contributed by atoms with Gasteiger partial charge < -0.3 is 4.42 Å². The molecular weight excluding hydrogens is 380 g/mol. The van der Waals surface area contributed by atoms with Crippen LogP contribution in [0.15, 0.2) is 53.2 Å². The molecule has 0 spiro atoms. The van der Waals surface area contributed by atoms with Crippen molar-refractivity contribution in [3.05, 3.63) is 82.0 Å². The first-order valence-electron chi connectivity index (χ1n) is 8.55. The number of aryl methyl sites for hydroxylation is 1.